The van der Waals surface area contributed by atoms with E-state index in [-0.39, 0.29) is 11.7 Å². The molecule has 0 aliphatic rings. The van der Waals surface area contributed by atoms with E-state index in [4.69, 9.17) is 9.84 Å². The van der Waals surface area contributed by atoms with Crippen LogP contribution < -0.4 is 4.90 Å². The van der Waals surface area contributed by atoms with E-state index in [0.29, 0.717) is 11.7 Å². The van der Waals surface area contributed by atoms with Crippen LogP contribution in [0, 0.1) is 0 Å². The van der Waals surface area contributed by atoms with Crippen molar-refractivity contribution in [1.29, 1.82) is 0 Å². The molecule has 5 nitrogen and oxygen atoms in total. The maximum atomic E-state index is 10.6. The number of nitrogens with zero attached hydrogens (tertiary/aromatic N) is 2. The van der Waals surface area contributed by atoms with Crippen molar-refractivity contribution >= 4 is 22.4 Å². The number of hydrogen-bond acceptors (Lipinski definition) is 5. The van der Waals surface area contributed by atoms with Crippen LogP contribution in [0.15, 0.2) is 5.38 Å². The van der Waals surface area contributed by atoms with Crippen molar-refractivity contribution in [3.8, 4) is 0 Å². The van der Waals surface area contributed by atoms with Gasteiger partial charge in [-0.05, 0) is 6.92 Å². The minimum Gasteiger partial charge on any atom is -0.476 e. The summed E-state index contributed by atoms with van der Waals surface area (Å²) in [5.74, 6) is -0.995. The molecule has 1 atom stereocenters. The molecule has 15 heavy (non-hydrogen) atoms. The van der Waals surface area contributed by atoms with Crippen LogP contribution in [0.3, 0.4) is 0 Å². The normalized spacial score (nSPS) is 12.5. The molecule has 6 heteroatoms. The number of aromatic nitrogens is 1. The number of rotatable bonds is 5. The Balaban J connectivity index is 2.73. The second kappa shape index (κ2) is 5.09. The van der Waals surface area contributed by atoms with Gasteiger partial charge < -0.3 is 14.7 Å². The van der Waals surface area contributed by atoms with Crippen LogP contribution in [0.5, 0.6) is 0 Å². The molecule has 0 unspecified atom stereocenters. The molecule has 1 heterocycles. The summed E-state index contributed by atoms with van der Waals surface area (Å²) in [7, 11) is 3.50. The first kappa shape index (κ1) is 11.9. The Morgan fingerprint density at radius 3 is 2.93 bits per heavy atom. The molecule has 1 N–H and O–H groups in total. The second-order valence-electron chi connectivity index (χ2n) is 3.24. The minimum atomic E-state index is -0.995. The number of methoxy groups -OCH3 is 1. The van der Waals surface area contributed by atoms with E-state index in [0.717, 1.165) is 0 Å². The molecular weight excluding hydrogens is 216 g/mol. The van der Waals surface area contributed by atoms with Crippen LogP contribution in [-0.4, -0.2) is 42.9 Å². The zero-order valence-electron chi connectivity index (χ0n) is 8.93. The Morgan fingerprint density at radius 1 is 1.80 bits per heavy atom. The lowest BCUT2D eigenvalue weighted by molar-refractivity contribution is 0.0691. The van der Waals surface area contributed by atoms with Crippen molar-refractivity contribution in [3.05, 3.63) is 11.1 Å². The number of hydrogen-bond donors (Lipinski definition) is 1. The molecule has 0 aliphatic carbocycles. The highest BCUT2D eigenvalue weighted by Gasteiger charge is 2.15. The molecule has 1 aromatic heterocycles. The molecule has 0 fully saturated rings. The third-order valence-electron chi connectivity index (χ3n) is 2.08. The summed E-state index contributed by atoms with van der Waals surface area (Å²) in [4.78, 5) is 16.5. The van der Waals surface area contributed by atoms with Gasteiger partial charge in [0.1, 0.15) is 0 Å². The van der Waals surface area contributed by atoms with Gasteiger partial charge >= 0.3 is 5.97 Å². The number of anilines is 1. The average Bonchev–Trinajstić information content (AvgIpc) is 2.65. The van der Waals surface area contributed by atoms with Crippen molar-refractivity contribution in [1.82, 2.24) is 4.98 Å². The molecule has 0 aromatic carbocycles. The summed E-state index contributed by atoms with van der Waals surface area (Å²) < 4.78 is 5.02. The first-order chi connectivity index (χ1) is 7.06. The van der Waals surface area contributed by atoms with Crippen LogP contribution in [-0.2, 0) is 4.74 Å². The predicted molar refractivity (Wildman–Crippen MR) is 58.8 cm³/mol. The van der Waals surface area contributed by atoms with Crippen molar-refractivity contribution in [2.45, 2.75) is 13.0 Å². The van der Waals surface area contributed by atoms with Crippen LogP contribution in [0.4, 0.5) is 5.13 Å². The number of likely N-dealkylation sites (N-methyl/N-ethyl adjacent to an activating group) is 1. The zero-order chi connectivity index (χ0) is 11.4. The lowest BCUT2D eigenvalue weighted by Crippen LogP contribution is -2.32. The largest absolute Gasteiger partial charge is 0.476 e. The van der Waals surface area contributed by atoms with Gasteiger partial charge in [-0.1, -0.05) is 0 Å². The van der Waals surface area contributed by atoms with Gasteiger partial charge in [-0.3, -0.25) is 0 Å². The van der Waals surface area contributed by atoms with Gasteiger partial charge in [0, 0.05) is 19.5 Å². The van der Waals surface area contributed by atoms with Gasteiger partial charge in [-0.15, -0.1) is 11.3 Å². The minimum absolute atomic E-state index is 0.0893. The zero-order valence-corrected chi connectivity index (χ0v) is 9.74. The van der Waals surface area contributed by atoms with Gasteiger partial charge in [0.2, 0.25) is 0 Å². The summed E-state index contributed by atoms with van der Waals surface area (Å²) >= 11 is 1.32. The maximum Gasteiger partial charge on any atom is 0.355 e. The van der Waals surface area contributed by atoms with E-state index in [1.54, 1.807) is 7.11 Å². The van der Waals surface area contributed by atoms with E-state index in [2.05, 4.69) is 4.98 Å². The highest BCUT2D eigenvalue weighted by Crippen LogP contribution is 2.21. The monoisotopic (exact) mass is 230 g/mol. The van der Waals surface area contributed by atoms with E-state index >= 15 is 0 Å². The fraction of sp³-hybridized carbons (Fsp3) is 0.556. The van der Waals surface area contributed by atoms with E-state index in [9.17, 15) is 4.79 Å². The Morgan fingerprint density at radius 2 is 2.47 bits per heavy atom. The van der Waals surface area contributed by atoms with Crippen LogP contribution in [0.2, 0.25) is 0 Å². The maximum absolute atomic E-state index is 10.6. The quantitative estimate of drug-likeness (QED) is 0.826. The van der Waals surface area contributed by atoms with Gasteiger partial charge in [0.25, 0.3) is 0 Å². The lowest BCUT2D eigenvalue weighted by atomic mass is 10.3. The molecule has 0 saturated heterocycles. The van der Waals surface area contributed by atoms with Crippen molar-refractivity contribution < 1.29 is 14.6 Å². The van der Waals surface area contributed by atoms with Crippen molar-refractivity contribution in [3.63, 3.8) is 0 Å². The summed E-state index contributed by atoms with van der Waals surface area (Å²) in [6.07, 6.45) is 0. The fourth-order valence-corrected chi connectivity index (χ4v) is 1.93. The number of aromatic carboxylic acids is 1. The Bertz CT molecular complexity index is 340. The Hall–Kier alpha value is -1.14. The third kappa shape index (κ3) is 2.90. The second-order valence-corrected chi connectivity index (χ2v) is 4.07. The van der Waals surface area contributed by atoms with Crippen LogP contribution in [0.1, 0.15) is 17.4 Å². The van der Waals surface area contributed by atoms with Crippen LogP contribution >= 0.6 is 11.3 Å². The SMILES string of the molecule is COC[C@@H](C)N(C)c1nc(C(=O)O)cs1. The van der Waals surface area contributed by atoms with Gasteiger partial charge in [-0.25, -0.2) is 9.78 Å². The first-order valence-electron chi connectivity index (χ1n) is 4.46. The Labute approximate surface area is 92.3 Å². The highest BCUT2D eigenvalue weighted by molar-refractivity contribution is 7.13. The lowest BCUT2D eigenvalue weighted by Gasteiger charge is -2.23. The molecule has 0 radical (unpaired) electrons. The number of carbonyl (C=O) groups is 1. The third-order valence-corrected chi connectivity index (χ3v) is 3.01. The molecular formula is C9H14N2O3S. The molecule has 0 amide bonds. The summed E-state index contributed by atoms with van der Waals surface area (Å²) in [6, 6.07) is 0.169. The van der Waals surface area contributed by atoms with E-state index in [1.807, 2.05) is 18.9 Å². The average molecular weight is 230 g/mol. The molecule has 84 valence electrons. The molecule has 1 rings (SSSR count). The number of ether oxygens (including phenoxy) is 1. The molecule has 0 saturated carbocycles. The summed E-state index contributed by atoms with van der Waals surface area (Å²) in [5, 5.41) is 10.9. The number of carboxylic acids is 1. The molecule has 0 bridgehead atoms. The molecule has 1 aromatic rings. The highest BCUT2D eigenvalue weighted by atomic mass is 32.1. The van der Waals surface area contributed by atoms with Crippen molar-refractivity contribution in [2.24, 2.45) is 0 Å². The van der Waals surface area contributed by atoms with Gasteiger partial charge in [0.15, 0.2) is 10.8 Å². The van der Waals surface area contributed by atoms with E-state index in [1.165, 1.54) is 16.7 Å². The topological polar surface area (TPSA) is 62.7 Å². The first-order valence-corrected chi connectivity index (χ1v) is 5.34. The van der Waals surface area contributed by atoms with Gasteiger partial charge in [-0.2, -0.15) is 0 Å². The predicted octanol–water partition coefficient (Wildman–Crippen LogP) is 1.31. The molecule has 0 aliphatic heterocycles. The van der Waals surface area contributed by atoms with Crippen LogP contribution in [0.25, 0.3) is 0 Å². The fourth-order valence-electron chi connectivity index (χ4n) is 1.07. The smallest absolute Gasteiger partial charge is 0.355 e. The molecule has 0 spiro atoms. The van der Waals surface area contributed by atoms with E-state index < -0.39 is 5.97 Å². The number of carboxylic acid groups (broad SMARTS) is 1. The van der Waals surface area contributed by atoms with Crippen molar-refractivity contribution in [2.75, 3.05) is 25.7 Å². The Kier molecular flexibility index (Phi) is 4.05. The number of thiazole rings is 1. The summed E-state index contributed by atoms with van der Waals surface area (Å²) in [6.45, 7) is 2.57. The summed E-state index contributed by atoms with van der Waals surface area (Å²) in [5.41, 5.74) is 0.0893. The van der Waals surface area contributed by atoms with Gasteiger partial charge in [0.05, 0.1) is 12.6 Å². The standard InChI is InChI=1S/C9H14N2O3S/c1-6(4-14-3)11(2)9-10-7(5-15-9)8(12)13/h5-6H,4H2,1-3H3,(H,12,13)/t6-/m1/s1.